The molecule has 1 aliphatic carbocycles. The largest absolute Gasteiger partial charge is 0.460 e. The zero-order valence-corrected chi connectivity index (χ0v) is 21.2. The van der Waals surface area contributed by atoms with E-state index >= 15 is 0 Å². The Labute approximate surface area is 208 Å². The van der Waals surface area contributed by atoms with Crippen LogP contribution in [0.25, 0.3) is 21.7 Å². The van der Waals surface area contributed by atoms with Crippen LogP contribution in [-0.2, 0) is 22.9 Å². The standard InChI is InChI=1S/C26H25ClN2O5S/c1-26(2,3)15-8-11-24-19(12-15)20-14-22(17-6-4-5-7-18(17)25(20)34-24)28-35(32,33)16-9-10-21(27)23(13-16)29(30)31/h4-7,9-10,13-15,28H,8,11-12H2,1-3H3/t15-/m1/s1. The van der Waals surface area contributed by atoms with Crippen molar-refractivity contribution in [2.75, 3.05) is 4.72 Å². The summed E-state index contributed by atoms with van der Waals surface area (Å²) in [6.07, 6.45) is 2.75. The summed E-state index contributed by atoms with van der Waals surface area (Å²) in [5.74, 6) is 1.44. The number of anilines is 1. The summed E-state index contributed by atoms with van der Waals surface area (Å²) in [5, 5.41) is 13.5. The van der Waals surface area contributed by atoms with Gasteiger partial charge in [-0.15, -0.1) is 0 Å². The second-order valence-electron chi connectivity index (χ2n) is 10.1. The number of nitrogens with one attached hydrogen (secondary N) is 1. The first-order chi connectivity index (χ1) is 16.5. The molecule has 1 heterocycles. The molecule has 1 atom stereocenters. The predicted octanol–water partition coefficient (Wildman–Crippen LogP) is 7.10. The van der Waals surface area contributed by atoms with Gasteiger partial charge in [0.1, 0.15) is 16.4 Å². The van der Waals surface area contributed by atoms with Gasteiger partial charge in [0.2, 0.25) is 0 Å². The molecule has 0 radical (unpaired) electrons. The van der Waals surface area contributed by atoms with E-state index < -0.39 is 20.6 Å². The highest BCUT2D eigenvalue weighted by atomic mass is 35.5. The SMILES string of the molecule is CC(C)(C)[C@@H]1CCc2oc3c(cc(NS(=O)(=O)c4ccc(Cl)c([N+](=O)[O-])c4)c4ccccc43)c2C1. The first-order valence-corrected chi connectivity index (χ1v) is 13.2. The van der Waals surface area contributed by atoms with Gasteiger partial charge in [-0.1, -0.05) is 56.6 Å². The fourth-order valence-electron chi connectivity index (χ4n) is 4.92. The molecule has 0 amide bonds. The van der Waals surface area contributed by atoms with Crippen molar-refractivity contribution in [3.8, 4) is 0 Å². The summed E-state index contributed by atoms with van der Waals surface area (Å²) in [5.41, 5.74) is 1.95. The van der Waals surface area contributed by atoms with E-state index in [-0.39, 0.29) is 15.3 Å². The van der Waals surface area contributed by atoms with Crippen LogP contribution in [-0.4, -0.2) is 13.3 Å². The van der Waals surface area contributed by atoms with Crippen LogP contribution in [0, 0.1) is 21.4 Å². The Bertz CT molecular complexity index is 1600. The van der Waals surface area contributed by atoms with Gasteiger partial charge < -0.3 is 4.42 Å². The molecule has 35 heavy (non-hydrogen) atoms. The number of fused-ring (bicyclic) bond motifs is 5. The van der Waals surface area contributed by atoms with Crippen molar-refractivity contribution in [2.24, 2.45) is 11.3 Å². The van der Waals surface area contributed by atoms with E-state index in [9.17, 15) is 18.5 Å². The van der Waals surface area contributed by atoms with Crippen LogP contribution in [0.15, 0.2) is 57.8 Å². The van der Waals surface area contributed by atoms with Gasteiger partial charge in [-0.3, -0.25) is 14.8 Å². The van der Waals surface area contributed by atoms with E-state index in [1.165, 1.54) is 12.1 Å². The number of nitro benzene ring substituents is 1. The van der Waals surface area contributed by atoms with Crippen molar-refractivity contribution in [3.63, 3.8) is 0 Å². The van der Waals surface area contributed by atoms with Gasteiger partial charge in [-0.05, 0) is 42.4 Å². The summed E-state index contributed by atoms with van der Waals surface area (Å²) in [6, 6.07) is 12.7. The van der Waals surface area contributed by atoms with Gasteiger partial charge in [-0.25, -0.2) is 8.42 Å². The fraction of sp³-hybridized carbons (Fsp3) is 0.308. The average molecular weight is 513 g/mol. The number of nitrogens with zero attached hydrogens (tertiary/aromatic N) is 1. The van der Waals surface area contributed by atoms with Gasteiger partial charge in [0, 0.05) is 34.2 Å². The van der Waals surface area contributed by atoms with Gasteiger partial charge in [0.15, 0.2) is 0 Å². The number of halogens is 1. The van der Waals surface area contributed by atoms with Crippen molar-refractivity contribution >= 4 is 54.7 Å². The van der Waals surface area contributed by atoms with Crippen LogP contribution in [0.3, 0.4) is 0 Å². The predicted molar refractivity (Wildman–Crippen MR) is 138 cm³/mol. The number of hydrogen-bond donors (Lipinski definition) is 1. The second kappa shape index (κ2) is 8.24. The quantitative estimate of drug-likeness (QED) is 0.232. The lowest BCUT2D eigenvalue weighted by molar-refractivity contribution is -0.384. The summed E-state index contributed by atoms with van der Waals surface area (Å²) >= 11 is 5.88. The number of benzene rings is 3. The molecule has 0 aliphatic heterocycles. The molecular weight excluding hydrogens is 488 g/mol. The van der Waals surface area contributed by atoms with Crippen LogP contribution in [0.4, 0.5) is 11.4 Å². The Hall–Kier alpha value is -3.10. The highest BCUT2D eigenvalue weighted by Crippen LogP contribution is 2.44. The lowest BCUT2D eigenvalue weighted by Gasteiger charge is -2.33. The third kappa shape index (κ3) is 4.15. The molecule has 0 spiro atoms. The third-order valence-corrected chi connectivity index (χ3v) is 8.63. The molecule has 0 saturated heterocycles. The molecule has 182 valence electrons. The van der Waals surface area contributed by atoms with E-state index in [0.717, 1.165) is 53.0 Å². The zero-order chi connectivity index (χ0) is 25.1. The van der Waals surface area contributed by atoms with Crippen molar-refractivity contribution in [2.45, 2.75) is 44.9 Å². The average Bonchev–Trinajstić information content (AvgIpc) is 3.16. The van der Waals surface area contributed by atoms with Gasteiger partial charge >= 0.3 is 0 Å². The molecule has 0 saturated carbocycles. The number of aryl methyl sites for hydroxylation is 1. The van der Waals surface area contributed by atoms with E-state index in [2.05, 4.69) is 25.5 Å². The normalized spacial score (nSPS) is 16.4. The molecule has 9 heteroatoms. The highest BCUT2D eigenvalue weighted by Gasteiger charge is 2.32. The zero-order valence-electron chi connectivity index (χ0n) is 19.6. The van der Waals surface area contributed by atoms with Crippen LogP contribution < -0.4 is 4.72 Å². The summed E-state index contributed by atoms with van der Waals surface area (Å²) in [6.45, 7) is 6.72. The minimum absolute atomic E-state index is 0.126. The molecule has 0 fully saturated rings. The molecule has 0 unspecified atom stereocenters. The third-order valence-electron chi connectivity index (χ3n) is 6.95. The number of nitro groups is 1. The Morgan fingerprint density at radius 3 is 2.49 bits per heavy atom. The molecule has 4 aromatic rings. The molecule has 1 N–H and O–H groups in total. The lowest BCUT2D eigenvalue weighted by atomic mass is 9.71. The van der Waals surface area contributed by atoms with Crippen LogP contribution >= 0.6 is 11.6 Å². The van der Waals surface area contributed by atoms with Crippen molar-refractivity contribution in [1.82, 2.24) is 0 Å². The first kappa shape index (κ1) is 23.6. The Morgan fingerprint density at radius 2 is 1.80 bits per heavy atom. The second-order valence-corrected chi connectivity index (χ2v) is 12.2. The Balaban J connectivity index is 1.65. The van der Waals surface area contributed by atoms with Gasteiger partial charge in [-0.2, -0.15) is 0 Å². The summed E-state index contributed by atoms with van der Waals surface area (Å²) in [4.78, 5) is 10.3. The van der Waals surface area contributed by atoms with Gasteiger partial charge in [0.25, 0.3) is 15.7 Å². The Morgan fingerprint density at radius 1 is 1.09 bits per heavy atom. The lowest BCUT2D eigenvalue weighted by Crippen LogP contribution is -2.26. The number of hydrogen-bond acceptors (Lipinski definition) is 5. The maximum absolute atomic E-state index is 13.3. The maximum Gasteiger partial charge on any atom is 0.289 e. The highest BCUT2D eigenvalue weighted by molar-refractivity contribution is 7.92. The molecule has 0 bridgehead atoms. The molecule has 1 aromatic heterocycles. The van der Waals surface area contributed by atoms with E-state index in [1.54, 1.807) is 0 Å². The number of rotatable bonds is 4. The van der Waals surface area contributed by atoms with E-state index in [1.807, 2.05) is 30.3 Å². The van der Waals surface area contributed by atoms with Crippen LogP contribution in [0.1, 0.15) is 38.5 Å². The Kier molecular flexibility index (Phi) is 5.56. The van der Waals surface area contributed by atoms with Crippen molar-refractivity contribution < 1.29 is 17.8 Å². The smallest absolute Gasteiger partial charge is 0.289 e. The summed E-state index contributed by atoms with van der Waals surface area (Å²) < 4.78 is 35.5. The minimum atomic E-state index is -4.13. The van der Waals surface area contributed by atoms with Crippen molar-refractivity contribution in [3.05, 3.63) is 75.0 Å². The van der Waals surface area contributed by atoms with Gasteiger partial charge in [0.05, 0.1) is 15.5 Å². The topological polar surface area (TPSA) is 102 Å². The molecule has 3 aromatic carbocycles. The number of furan rings is 1. The molecule has 1 aliphatic rings. The monoisotopic (exact) mass is 512 g/mol. The van der Waals surface area contributed by atoms with E-state index in [4.69, 9.17) is 16.0 Å². The molecule has 5 rings (SSSR count). The minimum Gasteiger partial charge on any atom is -0.460 e. The molecular formula is C26H25ClN2O5S. The van der Waals surface area contributed by atoms with E-state index in [0.29, 0.717) is 17.0 Å². The van der Waals surface area contributed by atoms with Crippen LogP contribution in [0.2, 0.25) is 5.02 Å². The van der Waals surface area contributed by atoms with Crippen LogP contribution in [0.5, 0.6) is 0 Å². The fourth-order valence-corrected chi connectivity index (χ4v) is 6.20. The number of sulfonamides is 1. The van der Waals surface area contributed by atoms with Crippen molar-refractivity contribution in [1.29, 1.82) is 0 Å². The maximum atomic E-state index is 13.3. The summed E-state index contributed by atoms with van der Waals surface area (Å²) in [7, 11) is -4.13. The molecule has 7 nitrogen and oxygen atoms in total. The first-order valence-electron chi connectivity index (χ1n) is 11.4.